The smallest absolute Gasteiger partial charge is 0.329 e. The molecule has 0 radical (unpaired) electrons. The third-order valence-electron chi connectivity index (χ3n) is 2.31. The predicted molar refractivity (Wildman–Crippen MR) is 73.6 cm³/mol. The fourth-order valence-electron chi connectivity index (χ4n) is 1.31. The topological polar surface area (TPSA) is 140 Å². The van der Waals surface area contributed by atoms with Crippen LogP contribution in [0.5, 0.6) is 0 Å². The van der Waals surface area contributed by atoms with Crippen molar-refractivity contribution in [3.63, 3.8) is 0 Å². The van der Waals surface area contributed by atoms with Gasteiger partial charge in [-0.05, 0) is 13.8 Å². The lowest BCUT2D eigenvalue weighted by atomic mass is 9.90. The second-order valence-corrected chi connectivity index (χ2v) is 4.91. The van der Waals surface area contributed by atoms with Gasteiger partial charge in [-0.2, -0.15) is 0 Å². The van der Waals surface area contributed by atoms with Crippen molar-refractivity contribution < 1.29 is 33.1 Å². The Kier molecular flexibility index (Phi) is 9.03. The van der Waals surface area contributed by atoms with E-state index in [9.17, 15) is 14.4 Å². The molecule has 0 aliphatic carbocycles. The van der Waals surface area contributed by atoms with Gasteiger partial charge in [0.05, 0.1) is 19.8 Å². The molecular formula is C11H21N2O7P. The van der Waals surface area contributed by atoms with Crippen LogP contribution in [0.1, 0.15) is 20.8 Å². The SMILES string of the molecule is CCOC(=O)C(COC(C)=O)(COP(N)N)C(=O)OCC. The lowest BCUT2D eigenvalue weighted by molar-refractivity contribution is -0.180. The molecule has 9 nitrogen and oxygen atoms in total. The molecule has 4 N–H and O–H groups in total. The fraction of sp³-hybridized carbons (Fsp3) is 0.727. The van der Waals surface area contributed by atoms with Crippen LogP contribution in [0.3, 0.4) is 0 Å². The lowest BCUT2D eigenvalue weighted by Gasteiger charge is -2.28. The van der Waals surface area contributed by atoms with E-state index in [1.54, 1.807) is 13.8 Å². The summed E-state index contributed by atoms with van der Waals surface area (Å²) in [6.45, 7) is 3.25. The zero-order valence-corrected chi connectivity index (χ0v) is 13.2. The quantitative estimate of drug-likeness (QED) is 0.256. The van der Waals surface area contributed by atoms with Crippen LogP contribution < -0.4 is 11.0 Å². The first kappa shape index (κ1) is 19.7. The van der Waals surface area contributed by atoms with Gasteiger partial charge in [-0.25, -0.2) is 0 Å². The van der Waals surface area contributed by atoms with Crippen LogP contribution in [0.15, 0.2) is 0 Å². The Balaban J connectivity index is 5.39. The number of rotatable bonds is 9. The molecule has 0 saturated heterocycles. The van der Waals surface area contributed by atoms with Crippen molar-refractivity contribution in [3.8, 4) is 0 Å². The van der Waals surface area contributed by atoms with Gasteiger partial charge in [-0.15, -0.1) is 0 Å². The number of ether oxygens (including phenoxy) is 3. The van der Waals surface area contributed by atoms with Crippen molar-refractivity contribution in [2.45, 2.75) is 20.8 Å². The Morgan fingerprint density at radius 1 is 0.952 bits per heavy atom. The molecule has 0 aromatic heterocycles. The van der Waals surface area contributed by atoms with E-state index in [4.69, 9.17) is 29.7 Å². The van der Waals surface area contributed by atoms with E-state index < -0.39 is 45.0 Å². The Morgan fingerprint density at radius 3 is 1.76 bits per heavy atom. The van der Waals surface area contributed by atoms with Gasteiger partial charge >= 0.3 is 17.9 Å². The van der Waals surface area contributed by atoms with Crippen LogP contribution in [0, 0.1) is 5.41 Å². The summed E-state index contributed by atoms with van der Waals surface area (Å²) < 4.78 is 19.5. The molecule has 0 spiro atoms. The second kappa shape index (κ2) is 9.62. The number of hydrogen-bond acceptors (Lipinski definition) is 9. The van der Waals surface area contributed by atoms with E-state index in [1.165, 1.54) is 0 Å². The summed E-state index contributed by atoms with van der Waals surface area (Å²) in [4.78, 5) is 35.3. The molecule has 0 aliphatic rings. The van der Waals surface area contributed by atoms with Crippen molar-refractivity contribution in [2.24, 2.45) is 16.4 Å². The van der Waals surface area contributed by atoms with Crippen LogP contribution in [0.2, 0.25) is 0 Å². The van der Waals surface area contributed by atoms with E-state index in [0.717, 1.165) is 6.92 Å². The van der Waals surface area contributed by atoms with Crippen molar-refractivity contribution in [3.05, 3.63) is 0 Å². The highest BCUT2D eigenvalue weighted by molar-refractivity contribution is 7.47. The maximum Gasteiger partial charge on any atom is 0.329 e. The molecule has 10 heteroatoms. The summed E-state index contributed by atoms with van der Waals surface area (Å²) in [7, 11) is -1.81. The maximum atomic E-state index is 12.1. The summed E-state index contributed by atoms with van der Waals surface area (Å²) >= 11 is 0. The van der Waals surface area contributed by atoms with E-state index in [2.05, 4.69) is 0 Å². The Labute approximate surface area is 124 Å². The van der Waals surface area contributed by atoms with Crippen LogP contribution >= 0.6 is 8.45 Å². The van der Waals surface area contributed by atoms with Gasteiger partial charge in [0.15, 0.2) is 8.45 Å². The van der Waals surface area contributed by atoms with Gasteiger partial charge in [0.25, 0.3) is 0 Å². The third kappa shape index (κ3) is 6.34. The minimum atomic E-state index is -1.95. The van der Waals surface area contributed by atoms with E-state index >= 15 is 0 Å². The summed E-state index contributed by atoms with van der Waals surface area (Å²) in [5, 5.41) is 0. The van der Waals surface area contributed by atoms with Gasteiger partial charge in [0, 0.05) is 6.92 Å². The van der Waals surface area contributed by atoms with Gasteiger partial charge in [0.2, 0.25) is 5.41 Å². The highest BCUT2D eigenvalue weighted by Gasteiger charge is 2.51. The van der Waals surface area contributed by atoms with Crippen molar-refractivity contribution in [2.75, 3.05) is 26.4 Å². The highest BCUT2D eigenvalue weighted by Crippen LogP contribution is 2.28. The van der Waals surface area contributed by atoms with Crippen molar-refractivity contribution in [1.82, 2.24) is 0 Å². The van der Waals surface area contributed by atoms with Gasteiger partial charge < -0.3 is 18.7 Å². The molecule has 0 amide bonds. The Hall–Kier alpha value is -1.28. The number of carbonyl (C=O) groups is 3. The standard InChI is InChI=1S/C11H21N2O7P/c1-4-17-9(15)11(6-19-8(3)14,7-20-21(12)13)10(16)18-5-2/h4-7,12-13H2,1-3H3. The Morgan fingerprint density at radius 2 is 1.43 bits per heavy atom. The molecule has 0 bridgehead atoms. The second-order valence-electron chi connectivity index (χ2n) is 3.94. The number of hydrogen-bond donors (Lipinski definition) is 2. The molecule has 0 aromatic carbocycles. The highest BCUT2D eigenvalue weighted by atomic mass is 31.2. The first-order valence-corrected chi connectivity index (χ1v) is 7.60. The lowest BCUT2D eigenvalue weighted by Crippen LogP contribution is -2.49. The summed E-state index contributed by atoms with van der Waals surface area (Å²) in [5.41, 5.74) is 8.68. The van der Waals surface area contributed by atoms with Crippen LogP contribution in [-0.4, -0.2) is 44.3 Å². The molecule has 0 aromatic rings. The van der Waals surface area contributed by atoms with E-state index in [0.29, 0.717) is 0 Å². The van der Waals surface area contributed by atoms with Crippen LogP contribution in [0.4, 0.5) is 0 Å². The summed E-state index contributed by atoms with van der Waals surface area (Å²) in [6.07, 6.45) is 0. The van der Waals surface area contributed by atoms with Crippen molar-refractivity contribution >= 4 is 26.4 Å². The largest absolute Gasteiger partial charge is 0.465 e. The molecule has 0 saturated carbocycles. The predicted octanol–water partition coefficient (Wildman–Crippen LogP) is -0.177. The van der Waals surface area contributed by atoms with Crippen LogP contribution in [0.25, 0.3) is 0 Å². The van der Waals surface area contributed by atoms with Gasteiger partial charge in [-0.3, -0.25) is 25.4 Å². The average Bonchev–Trinajstić information content (AvgIpc) is 2.39. The molecular weight excluding hydrogens is 303 g/mol. The number of nitrogens with two attached hydrogens (primary N) is 2. The molecule has 0 rings (SSSR count). The van der Waals surface area contributed by atoms with E-state index in [-0.39, 0.29) is 13.2 Å². The van der Waals surface area contributed by atoms with Crippen LogP contribution in [-0.2, 0) is 33.1 Å². The van der Waals surface area contributed by atoms with Gasteiger partial charge in [-0.1, -0.05) is 0 Å². The zero-order chi connectivity index (χ0) is 16.5. The summed E-state index contributed by atoms with van der Waals surface area (Å²) in [5.74, 6) is -2.53. The summed E-state index contributed by atoms with van der Waals surface area (Å²) in [6, 6.07) is 0. The van der Waals surface area contributed by atoms with Crippen molar-refractivity contribution in [1.29, 1.82) is 0 Å². The number of carbonyl (C=O) groups excluding carboxylic acids is 3. The molecule has 0 fully saturated rings. The number of esters is 3. The Bertz CT molecular complexity index is 358. The molecule has 0 heterocycles. The monoisotopic (exact) mass is 324 g/mol. The average molecular weight is 324 g/mol. The third-order valence-corrected chi connectivity index (χ3v) is 2.74. The van der Waals surface area contributed by atoms with Gasteiger partial charge in [0.1, 0.15) is 6.61 Å². The minimum absolute atomic E-state index is 0.0278. The molecule has 0 aliphatic heterocycles. The minimum Gasteiger partial charge on any atom is -0.465 e. The molecule has 21 heavy (non-hydrogen) atoms. The molecule has 122 valence electrons. The zero-order valence-electron chi connectivity index (χ0n) is 12.3. The molecule has 0 unspecified atom stereocenters. The first-order valence-electron chi connectivity index (χ1n) is 6.20. The van der Waals surface area contributed by atoms with E-state index in [1.807, 2.05) is 0 Å². The fourth-order valence-corrected chi connectivity index (χ4v) is 1.68. The molecule has 0 atom stereocenters. The first-order chi connectivity index (χ1) is 9.80. The maximum absolute atomic E-state index is 12.1. The normalized spacial score (nSPS) is 11.1.